The van der Waals surface area contributed by atoms with Crippen molar-refractivity contribution in [2.24, 2.45) is 7.05 Å². The molecule has 2 nitrogen and oxygen atoms in total. The number of aromatic nitrogens is 2. The lowest BCUT2D eigenvalue weighted by atomic mass is 10.1. The molecule has 2 aromatic rings. The predicted octanol–water partition coefficient (Wildman–Crippen LogP) is 2.44. The fraction of sp³-hybridized carbons (Fsp3) is 0.364. The summed E-state index contributed by atoms with van der Waals surface area (Å²) in [5.41, 5.74) is 3.73. The Morgan fingerprint density at radius 3 is 2.85 bits per heavy atom. The van der Waals surface area contributed by atoms with Gasteiger partial charge in [0.05, 0.1) is 11.0 Å². The van der Waals surface area contributed by atoms with Gasteiger partial charge >= 0.3 is 0 Å². The molecule has 0 fully saturated rings. The Bertz CT molecular complexity index is 441. The van der Waals surface area contributed by atoms with Gasteiger partial charge in [0, 0.05) is 7.05 Å². The SMILES string of the molecule is CCc1cccc2c1nc(C)n2C. The lowest BCUT2D eigenvalue weighted by Gasteiger charge is -1.98. The van der Waals surface area contributed by atoms with Gasteiger partial charge in [0.25, 0.3) is 0 Å². The first-order valence-corrected chi connectivity index (χ1v) is 4.65. The second-order valence-corrected chi connectivity index (χ2v) is 3.36. The summed E-state index contributed by atoms with van der Waals surface area (Å²) >= 11 is 0. The van der Waals surface area contributed by atoms with Crippen LogP contribution in [0.5, 0.6) is 0 Å². The molecule has 0 amide bonds. The van der Waals surface area contributed by atoms with Crippen LogP contribution < -0.4 is 0 Å². The normalized spacial score (nSPS) is 11.0. The summed E-state index contributed by atoms with van der Waals surface area (Å²) in [6, 6.07) is 6.37. The summed E-state index contributed by atoms with van der Waals surface area (Å²) in [4.78, 5) is 4.55. The van der Waals surface area contributed by atoms with E-state index in [1.165, 1.54) is 11.1 Å². The number of benzene rings is 1. The van der Waals surface area contributed by atoms with E-state index in [2.05, 4.69) is 41.7 Å². The number of aryl methyl sites for hydroxylation is 3. The van der Waals surface area contributed by atoms with Gasteiger partial charge in [-0.1, -0.05) is 19.1 Å². The minimum Gasteiger partial charge on any atom is -0.331 e. The minimum atomic E-state index is 1.05. The Kier molecular flexibility index (Phi) is 1.83. The zero-order valence-corrected chi connectivity index (χ0v) is 8.33. The van der Waals surface area contributed by atoms with Crippen LogP contribution in [0.25, 0.3) is 11.0 Å². The van der Waals surface area contributed by atoms with Crippen LogP contribution in [0.1, 0.15) is 18.3 Å². The molecule has 1 heterocycles. The van der Waals surface area contributed by atoms with Crippen LogP contribution >= 0.6 is 0 Å². The van der Waals surface area contributed by atoms with Crippen molar-refractivity contribution in [3.63, 3.8) is 0 Å². The van der Waals surface area contributed by atoms with E-state index in [0.717, 1.165) is 17.8 Å². The Hall–Kier alpha value is -1.31. The van der Waals surface area contributed by atoms with E-state index in [9.17, 15) is 0 Å². The quantitative estimate of drug-likeness (QED) is 0.649. The van der Waals surface area contributed by atoms with Crippen molar-refractivity contribution in [1.82, 2.24) is 9.55 Å². The highest BCUT2D eigenvalue weighted by Crippen LogP contribution is 2.18. The first-order valence-electron chi connectivity index (χ1n) is 4.65. The largest absolute Gasteiger partial charge is 0.331 e. The van der Waals surface area contributed by atoms with Crippen molar-refractivity contribution < 1.29 is 0 Å². The third-order valence-corrected chi connectivity index (χ3v) is 2.60. The number of para-hydroxylation sites is 1. The van der Waals surface area contributed by atoms with Crippen molar-refractivity contribution >= 4 is 11.0 Å². The topological polar surface area (TPSA) is 17.8 Å². The number of imidazole rings is 1. The molecule has 0 aliphatic carbocycles. The van der Waals surface area contributed by atoms with Gasteiger partial charge in [0.1, 0.15) is 5.82 Å². The van der Waals surface area contributed by atoms with Crippen molar-refractivity contribution in [2.45, 2.75) is 20.3 Å². The van der Waals surface area contributed by atoms with Crippen molar-refractivity contribution in [3.8, 4) is 0 Å². The standard InChI is InChI=1S/C11H14N2/c1-4-9-6-5-7-10-11(9)12-8(2)13(10)3/h5-7H,4H2,1-3H3. The van der Waals surface area contributed by atoms with Crippen LogP contribution in [0.4, 0.5) is 0 Å². The molecule has 0 radical (unpaired) electrons. The second kappa shape index (κ2) is 2.87. The van der Waals surface area contributed by atoms with Gasteiger partial charge in [-0.25, -0.2) is 4.98 Å². The van der Waals surface area contributed by atoms with Crippen molar-refractivity contribution in [3.05, 3.63) is 29.6 Å². The number of nitrogens with zero attached hydrogens (tertiary/aromatic N) is 2. The monoisotopic (exact) mass is 174 g/mol. The van der Waals surface area contributed by atoms with Crippen molar-refractivity contribution in [2.75, 3.05) is 0 Å². The van der Waals surface area contributed by atoms with E-state index in [4.69, 9.17) is 0 Å². The Labute approximate surface area is 78.2 Å². The second-order valence-electron chi connectivity index (χ2n) is 3.36. The van der Waals surface area contributed by atoms with Crippen LogP contribution in [0, 0.1) is 6.92 Å². The lowest BCUT2D eigenvalue weighted by Crippen LogP contribution is -1.89. The van der Waals surface area contributed by atoms with Crippen LogP contribution in [-0.2, 0) is 13.5 Å². The maximum atomic E-state index is 4.55. The summed E-state index contributed by atoms with van der Waals surface area (Å²) in [5.74, 6) is 1.08. The molecule has 0 N–H and O–H groups in total. The molecule has 13 heavy (non-hydrogen) atoms. The molecule has 0 unspecified atom stereocenters. The highest BCUT2D eigenvalue weighted by molar-refractivity contribution is 5.79. The van der Waals surface area contributed by atoms with Gasteiger partial charge in [-0.3, -0.25) is 0 Å². The molecule has 2 heteroatoms. The van der Waals surface area contributed by atoms with Gasteiger partial charge in [-0.15, -0.1) is 0 Å². The fourth-order valence-corrected chi connectivity index (χ4v) is 1.67. The van der Waals surface area contributed by atoms with Crippen LogP contribution in [0.15, 0.2) is 18.2 Å². The molecule has 68 valence electrons. The molecule has 1 aromatic heterocycles. The zero-order chi connectivity index (χ0) is 9.42. The Morgan fingerprint density at radius 1 is 1.38 bits per heavy atom. The third kappa shape index (κ3) is 1.13. The van der Waals surface area contributed by atoms with Crippen LogP contribution in [-0.4, -0.2) is 9.55 Å². The van der Waals surface area contributed by atoms with Crippen LogP contribution in [0.2, 0.25) is 0 Å². The first-order chi connectivity index (χ1) is 6.24. The minimum absolute atomic E-state index is 1.05. The molecule has 0 bridgehead atoms. The van der Waals surface area contributed by atoms with E-state index in [-0.39, 0.29) is 0 Å². The van der Waals surface area contributed by atoms with Crippen molar-refractivity contribution in [1.29, 1.82) is 0 Å². The van der Waals surface area contributed by atoms with Crippen LogP contribution in [0.3, 0.4) is 0 Å². The molecule has 0 saturated heterocycles. The summed E-state index contributed by atoms with van der Waals surface area (Å²) < 4.78 is 2.13. The van der Waals surface area contributed by atoms with Gasteiger partial charge in [-0.2, -0.15) is 0 Å². The highest BCUT2D eigenvalue weighted by Gasteiger charge is 2.05. The van der Waals surface area contributed by atoms with Gasteiger partial charge in [-0.05, 0) is 25.0 Å². The fourth-order valence-electron chi connectivity index (χ4n) is 1.67. The van der Waals surface area contributed by atoms with E-state index in [1.807, 2.05) is 6.92 Å². The van der Waals surface area contributed by atoms with Gasteiger partial charge < -0.3 is 4.57 Å². The summed E-state index contributed by atoms with van der Waals surface area (Å²) in [6.45, 7) is 4.21. The molecule has 0 spiro atoms. The number of hydrogen-bond donors (Lipinski definition) is 0. The van der Waals surface area contributed by atoms with E-state index < -0.39 is 0 Å². The molecule has 0 saturated carbocycles. The predicted molar refractivity (Wildman–Crippen MR) is 54.8 cm³/mol. The first kappa shape index (κ1) is 8.30. The molecule has 0 aliphatic rings. The average molecular weight is 174 g/mol. The Balaban J connectivity index is 2.84. The van der Waals surface area contributed by atoms with E-state index >= 15 is 0 Å². The number of hydrogen-bond acceptors (Lipinski definition) is 1. The van der Waals surface area contributed by atoms with Gasteiger partial charge in [0.2, 0.25) is 0 Å². The third-order valence-electron chi connectivity index (χ3n) is 2.60. The Morgan fingerprint density at radius 2 is 2.15 bits per heavy atom. The van der Waals surface area contributed by atoms with Gasteiger partial charge in [0.15, 0.2) is 0 Å². The maximum absolute atomic E-state index is 4.55. The molecular formula is C11H14N2. The zero-order valence-electron chi connectivity index (χ0n) is 8.33. The molecule has 1 aromatic carbocycles. The van der Waals surface area contributed by atoms with E-state index in [0.29, 0.717) is 0 Å². The van der Waals surface area contributed by atoms with E-state index in [1.54, 1.807) is 0 Å². The summed E-state index contributed by atoms with van der Waals surface area (Å²) in [6.07, 6.45) is 1.05. The number of rotatable bonds is 1. The number of fused-ring (bicyclic) bond motifs is 1. The highest BCUT2D eigenvalue weighted by atomic mass is 15.0. The summed E-state index contributed by atoms with van der Waals surface area (Å²) in [5, 5.41) is 0. The smallest absolute Gasteiger partial charge is 0.106 e. The average Bonchev–Trinajstić information content (AvgIpc) is 2.43. The maximum Gasteiger partial charge on any atom is 0.106 e. The molecule has 0 atom stereocenters. The molecular weight excluding hydrogens is 160 g/mol. The lowest BCUT2D eigenvalue weighted by molar-refractivity contribution is 0.886. The molecule has 2 rings (SSSR count). The molecule has 0 aliphatic heterocycles. The summed E-state index contributed by atoms with van der Waals surface area (Å²) in [7, 11) is 2.06.